The van der Waals surface area contributed by atoms with Crippen LogP contribution in [-0.2, 0) is 4.79 Å². The molecule has 1 heterocycles. The minimum atomic E-state index is -0.160. The van der Waals surface area contributed by atoms with Gasteiger partial charge < -0.3 is 19.8 Å². The highest BCUT2D eigenvalue weighted by atomic mass is 16.5. The Morgan fingerprint density at radius 1 is 1.35 bits per heavy atom. The van der Waals surface area contributed by atoms with Gasteiger partial charge in [-0.15, -0.1) is 0 Å². The van der Waals surface area contributed by atoms with Gasteiger partial charge in [0.15, 0.2) is 6.61 Å². The zero-order valence-electron chi connectivity index (χ0n) is 11.6. The molecule has 0 aliphatic heterocycles. The van der Waals surface area contributed by atoms with Crippen molar-refractivity contribution >= 4 is 11.6 Å². The molecule has 2 N–H and O–H groups in total. The summed E-state index contributed by atoms with van der Waals surface area (Å²) < 4.78 is 10.7. The van der Waals surface area contributed by atoms with Gasteiger partial charge in [-0.1, -0.05) is 6.07 Å². The van der Waals surface area contributed by atoms with E-state index in [1.165, 1.54) is 0 Å². The van der Waals surface area contributed by atoms with Crippen LogP contribution in [0.5, 0.6) is 5.75 Å². The Bertz CT molecular complexity index is 552. The molecule has 0 spiro atoms. The lowest BCUT2D eigenvalue weighted by atomic mass is 10.2. The van der Waals surface area contributed by atoms with Crippen LogP contribution in [-0.4, -0.2) is 19.6 Å². The van der Waals surface area contributed by atoms with Crippen LogP contribution in [0, 0.1) is 0 Å². The molecule has 20 heavy (non-hydrogen) atoms. The summed E-state index contributed by atoms with van der Waals surface area (Å²) in [7, 11) is 1.58. The van der Waals surface area contributed by atoms with Gasteiger partial charge in [0.2, 0.25) is 0 Å². The maximum absolute atomic E-state index is 11.1. The van der Waals surface area contributed by atoms with Crippen LogP contribution in [0.15, 0.2) is 47.1 Å². The van der Waals surface area contributed by atoms with Crippen molar-refractivity contribution < 1.29 is 13.9 Å². The second-order valence-corrected chi connectivity index (χ2v) is 4.37. The van der Waals surface area contributed by atoms with E-state index in [9.17, 15) is 4.79 Å². The summed E-state index contributed by atoms with van der Waals surface area (Å²) in [5, 5.41) is 5.82. The van der Waals surface area contributed by atoms with Crippen LogP contribution in [0.25, 0.3) is 0 Å². The molecule has 5 heteroatoms. The maximum atomic E-state index is 11.1. The molecule has 0 saturated heterocycles. The van der Waals surface area contributed by atoms with E-state index >= 15 is 0 Å². The van der Waals surface area contributed by atoms with Crippen LogP contribution in [0.4, 0.5) is 5.69 Å². The fraction of sp³-hybridized carbons (Fsp3) is 0.267. The Morgan fingerprint density at radius 2 is 2.20 bits per heavy atom. The Hall–Kier alpha value is -2.43. The molecule has 0 saturated carbocycles. The highest BCUT2D eigenvalue weighted by Crippen LogP contribution is 2.22. The Labute approximate surface area is 117 Å². The van der Waals surface area contributed by atoms with Gasteiger partial charge in [0, 0.05) is 18.8 Å². The Kier molecular flexibility index (Phi) is 4.65. The highest BCUT2D eigenvalue weighted by molar-refractivity contribution is 5.77. The summed E-state index contributed by atoms with van der Waals surface area (Å²) in [6, 6.07) is 11.3. The molecule has 1 unspecified atom stereocenters. The minimum absolute atomic E-state index is 0.00763. The lowest BCUT2D eigenvalue weighted by Crippen LogP contribution is -2.24. The van der Waals surface area contributed by atoms with Crippen LogP contribution < -0.4 is 15.4 Å². The molecule has 0 aliphatic carbocycles. The first-order chi connectivity index (χ1) is 9.69. The normalized spacial score (nSPS) is 11.7. The van der Waals surface area contributed by atoms with Crippen LogP contribution >= 0.6 is 0 Å². The van der Waals surface area contributed by atoms with Gasteiger partial charge in [-0.25, -0.2) is 0 Å². The van der Waals surface area contributed by atoms with Crippen molar-refractivity contribution in [3.8, 4) is 5.75 Å². The molecule has 106 valence electrons. The number of rotatable bonds is 6. The topological polar surface area (TPSA) is 63.5 Å². The molecule has 1 amide bonds. The summed E-state index contributed by atoms with van der Waals surface area (Å²) >= 11 is 0. The van der Waals surface area contributed by atoms with Crippen molar-refractivity contribution in [2.75, 3.05) is 19.0 Å². The van der Waals surface area contributed by atoms with Crippen LogP contribution in [0.3, 0.4) is 0 Å². The molecule has 0 fully saturated rings. The first kappa shape index (κ1) is 14.0. The lowest BCUT2D eigenvalue weighted by Gasteiger charge is -2.14. The number of nitrogens with one attached hydrogen (secondary N) is 2. The van der Waals surface area contributed by atoms with E-state index in [0.717, 1.165) is 11.4 Å². The average molecular weight is 274 g/mol. The Morgan fingerprint density at radius 3 is 2.90 bits per heavy atom. The highest BCUT2D eigenvalue weighted by Gasteiger charge is 2.08. The van der Waals surface area contributed by atoms with Crippen molar-refractivity contribution in [1.82, 2.24) is 5.32 Å². The molecule has 2 aromatic rings. The fourth-order valence-corrected chi connectivity index (χ4v) is 1.76. The van der Waals surface area contributed by atoms with Gasteiger partial charge in [-0.05, 0) is 31.2 Å². The maximum Gasteiger partial charge on any atom is 0.257 e. The molecule has 1 aromatic heterocycles. The molecule has 1 atom stereocenters. The third kappa shape index (κ3) is 3.78. The van der Waals surface area contributed by atoms with E-state index in [2.05, 4.69) is 10.6 Å². The van der Waals surface area contributed by atoms with Crippen molar-refractivity contribution in [2.24, 2.45) is 0 Å². The summed E-state index contributed by atoms with van der Waals surface area (Å²) in [6.45, 7) is 2.02. The monoisotopic (exact) mass is 274 g/mol. The summed E-state index contributed by atoms with van der Waals surface area (Å²) in [5.74, 6) is 1.35. The van der Waals surface area contributed by atoms with Gasteiger partial charge in [-0.3, -0.25) is 4.79 Å². The third-order valence-electron chi connectivity index (χ3n) is 2.84. The molecule has 1 aromatic carbocycles. The van der Waals surface area contributed by atoms with Crippen molar-refractivity contribution in [3.05, 3.63) is 48.4 Å². The van der Waals surface area contributed by atoms with Gasteiger partial charge in [-0.2, -0.15) is 0 Å². The second-order valence-electron chi connectivity index (χ2n) is 4.37. The van der Waals surface area contributed by atoms with Gasteiger partial charge in [0.05, 0.1) is 12.3 Å². The number of furan rings is 1. The predicted octanol–water partition coefficient (Wildman–Crippen LogP) is 2.58. The number of likely N-dealkylation sites (N-methyl/N-ethyl adjacent to an activating group) is 1. The zero-order valence-corrected chi connectivity index (χ0v) is 11.6. The first-order valence-electron chi connectivity index (χ1n) is 6.42. The van der Waals surface area contributed by atoms with Crippen molar-refractivity contribution in [3.63, 3.8) is 0 Å². The molecule has 0 radical (unpaired) electrons. The second kappa shape index (κ2) is 6.65. The van der Waals surface area contributed by atoms with E-state index in [0.29, 0.717) is 5.75 Å². The van der Waals surface area contributed by atoms with Crippen LogP contribution in [0.2, 0.25) is 0 Å². The number of ether oxygens (including phenoxy) is 1. The average Bonchev–Trinajstić information content (AvgIpc) is 2.99. The molecular formula is C15H18N2O3. The molecular weight excluding hydrogens is 256 g/mol. The molecule has 2 rings (SSSR count). The predicted molar refractivity (Wildman–Crippen MR) is 76.7 cm³/mol. The van der Waals surface area contributed by atoms with E-state index in [4.69, 9.17) is 9.15 Å². The quantitative estimate of drug-likeness (QED) is 0.849. The smallest absolute Gasteiger partial charge is 0.257 e. The standard InChI is InChI=1S/C15H18N2O3/c1-11(14-7-4-8-19-14)17-12-5-3-6-13(9-12)20-10-15(18)16-2/h3-9,11,17H,10H2,1-2H3,(H,16,18). The van der Waals surface area contributed by atoms with Gasteiger partial charge in [0.25, 0.3) is 5.91 Å². The first-order valence-corrected chi connectivity index (χ1v) is 6.42. The Balaban J connectivity index is 1.97. The lowest BCUT2D eigenvalue weighted by molar-refractivity contribution is -0.122. The van der Waals surface area contributed by atoms with Gasteiger partial charge >= 0.3 is 0 Å². The molecule has 0 bridgehead atoms. The number of benzene rings is 1. The summed E-state index contributed by atoms with van der Waals surface area (Å²) in [4.78, 5) is 11.1. The number of carbonyl (C=O) groups excluding carboxylic acids is 1. The van der Waals surface area contributed by atoms with Crippen LogP contribution in [0.1, 0.15) is 18.7 Å². The summed E-state index contributed by atoms with van der Waals surface area (Å²) in [5.41, 5.74) is 0.906. The van der Waals surface area contributed by atoms with E-state index < -0.39 is 0 Å². The van der Waals surface area contributed by atoms with Crippen molar-refractivity contribution in [2.45, 2.75) is 13.0 Å². The minimum Gasteiger partial charge on any atom is -0.484 e. The van der Waals surface area contributed by atoms with E-state index in [1.54, 1.807) is 13.3 Å². The molecule has 5 nitrogen and oxygen atoms in total. The summed E-state index contributed by atoms with van der Waals surface area (Å²) in [6.07, 6.45) is 1.65. The number of hydrogen-bond acceptors (Lipinski definition) is 4. The SMILES string of the molecule is CNC(=O)COc1cccc(NC(C)c2ccco2)c1. The zero-order chi connectivity index (χ0) is 14.4. The number of hydrogen-bond donors (Lipinski definition) is 2. The third-order valence-corrected chi connectivity index (χ3v) is 2.84. The number of carbonyl (C=O) groups is 1. The van der Waals surface area contributed by atoms with Gasteiger partial charge in [0.1, 0.15) is 11.5 Å². The number of anilines is 1. The van der Waals surface area contributed by atoms with E-state index in [1.807, 2.05) is 43.3 Å². The fourth-order valence-electron chi connectivity index (χ4n) is 1.76. The number of amides is 1. The largest absolute Gasteiger partial charge is 0.484 e. The van der Waals surface area contributed by atoms with Crippen molar-refractivity contribution in [1.29, 1.82) is 0 Å². The molecule has 0 aliphatic rings. The van der Waals surface area contributed by atoms with E-state index in [-0.39, 0.29) is 18.6 Å².